The topological polar surface area (TPSA) is 95.5 Å². The molecule has 1 unspecified atom stereocenters. The van der Waals surface area contributed by atoms with Gasteiger partial charge in [-0.25, -0.2) is 0 Å². The summed E-state index contributed by atoms with van der Waals surface area (Å²) in [4.78, 5) is 12.3. The van der Waals surface area contributed by atoms with Gasteiger partial charge in [0.1, 0.15) is 12.4 Å². The van der Waals surface area contributed by atoms with Crippen LogP contribution >= 0.6 is 0 Å². The number of ether oxygens (including phenoxy) is 1. The lowest BCUT2D eigenvalue weighted by Gasteiger charge is -2.15. The van der Waals surface area contributed by atoms with Gasteiger partial charge in [0.2, 0.25) is 0 Å². The molecule has 1 aromatic heterocycles. The van der Waals surface area contributed by atoms with Crippen molar-refractivity contribution in [2.45, 2.75) is 32.4 Å². The summed E-state index contributed by atoms with van der Waals surface area (Å²) in [7, 11) is 0. The highest BCUT2D eigenvalue weighted by atomic mass is 16.5. The zero-order valence-corrected chi connectivity index (χ0v) is 13.5. The normalized spacial score (nSPS) is 11.5. The van der Waals surface area contributed by atoms with Crippen LogP contribution in [0.2, 0.25) is 0 Å². The van der Waals surface area contributed by atoms with E-state index in [0.29, 0.717) is 23.3 Å². The molecule has 0 spiro atoms. The summed E-state index contributed by atoms with van der Waals surface area (Å²) in [6.45, 7) is 2.11. The predicted octanol–water partition coefficient (Wildman–Crippen LogP) is 2.62. The second-order valence-corrected chi connectivity index (χ2v) is 5.29. The monoisotopic (exact) mass is 328 g/mol. The van der Waals surface area contributed by atoms with Gasteiger partial charge in [-0.3, -0.25) is 4.79 Å². The number of rotatable bonds is 8. The molecule has 0 aliphatic rings. The number of benzene rings is 1. The molecule has 1 heterocycles. The van der Waals surface area contributed by atoms with Crippen LogP contribution in [0.1, 0.15) is 41.4 Å². The number of nitriles is 1. The summed E-state index contributed by atoms with van der Waals surface area (Å²) < 4.78 is 10.9. The van der Waals surface area contributed by atoms with Crippen LogP contribution in [-0.2, 0) is 6.61 Å². The number of nitrogens with zero attached hydrogens (tertiary/aromatic N) is 1. The largest absolute Gasteiger partial charge is 0.489 e. The van der Waals surface area contributed by atoms with Crippen molar-refractivity contribution in [1.29, 1.82) is 5.26 Å². The van der Waals surface area contributed by atoms with E-state index >= 15 is 0 Å². The second kappa shape index (κ2) is 8.75. The van der Waals surface area contributed by atoms with Crippen molar-refractivity contribution in [3.63, 3.8) is 0 Å². The molecular formula is C18H20N2O4. The van der Waals surface area contributed by atoms with E-state index in [0.717, 1.165) is 6.42 Å². The van der Waals surface area contributed by atoms with Gasteiger partial charge in [0, 0.05) is 18.2 Å². The Balaban J connectivity index is 2.01. The Morgan fingerprint density at radius 1 is 1.46 bits per heavy atom. The van der Waals surface area contributed by atoms with Crippen molar-refractivity contribution in [1.82, 2.24) is 5.32 Å². The van der Waals surface area contributed by atoms with Crippen molar-refractivity contribution in [3.05, 3.63) is 53.5 Å². The molecule has 126 valence electrons. The zero-order chi connectivity index (χ0) is 17.4. The Kier molecular flexibility index (Phi) is 6.41. The summed E-state index contributed by atoms with van der Waals surface area (Å²) in [5.74, 6) is 0.417. The fourth-order valence-electron chi connectivity index (χ4n) is 2.25. The minimum absolute atomic E-state index is 0.0160. The molecule has 1 atom stereocenters. The standard InChI is InChI=1S/C18H20N2O4/c1-2-15(6-8-21)20-18(22)17-14(7-9-23-17)12-24-16-5-3-4-13(10-16)11-19/h3-5,7,9-10,15,21H,2,6,8,12H2,1H3,(H,20,22). The molecule has 6 heteroatoms. The van der Waals surface area contributed by atoms with Gasteiger partial charge in [0.25, 0.3) is 5.91 Å². The highest BCUT2D eigenvalue weighted by Gasteiger charge is 2.18. The van der Waals surface area contributed by atoms with Crippen LogP contribution in [0.3, 0.4) is 0 Å². The highest BCUT2D eigenvalue weighted by molar-refractivity contribution is 5.93. The molecule has 0 radical (unpaired) electrons. The summed E-state index contributed by atoms with van der Waals surface area (Å²) in [6, 6.07) is 10.4. The molecule has 1 amide bonds. The van der Waals surface area contributed by atoms with Gasteiger partial charge in [0.05, 0.1) is 17.9 Å². The van der Waals surface area contributed by atoms with Crippen LogP contribution in [0.4, 0.5) is 0 Å². The fraction of sp³-hybridized carbons (Fsp3) is 0.333. The van der Waals surface area contributed by atoms with E-state index in [4.69, 9.17) is 19.5 Å². The predicted molar refractivity (Wildman–Crippen MR) is 87.4 cm³/mol. The summed E-state index contributed by atoms with van der Waals surface area (Å²) >= 11 is 0. The number of carbonyl (C=O) groups excluding carboxylic acids is 1. The molecule has 0 bridgehead atoms. The van der Waals surface area contributed by atoms with Crippen LogP contribution in [0.5, 0.6) is 5.75 Å². The number of aliphatic hydroxyl groups is 1. The second-order valence-electron chi connectivity index (χ2n) is 5.29. The first-order valence-electron chi connectivity index (χ1n) is 7.79. The van der Waals surface area contributed by atoms with Gasteiger partial charge in [-0.15, -0.1) is 0 Å². The maximum atomic E-state index is 12.3. The molecule has 0 aliphatic heterocycles. The third-order valence-electron chi connectivity index (χ3n) is 3.62. The first-order valence-corrected chi connectivity index (χ1v) is 7.79. The fourth-order valence-corrected chi connectivity index (χ4v) is 2.25. The number of hydrogen-bond acceptors (Lipinski definition) is 5. The van der Waals surface area contributed by atoms with Gasteiger partial charge in [-0.05, 0) is 37.1 Å². The van der Waals surface area contributed by atoms with Crippen molar-refractivity contribution in [3.8, 4) is 11.8 Å². The van der Waals surface area contributed by atoms with Crippen molar-refractivity contribution in [2.75, 3.05) is 6.61 Å². The number of carbonyl (C=O) groups is 1. The Morgan fingerprint density at radius 3 is 3.00 bits per heavy atom. The minimum Gasteiger partial charge on any atom is -0.489 e. The average molecular weight is 328 g/mol. The van der Waals surface area contributed by atoms with Gasteiger partial charge in [-0.1, -0.05) is 13.0 Å². The number of aliphatic hydroxyl groups excluding tert-OH is 1. The van der Waals surface area contributed by atoms with E-state index in [1.807, 2.05) is 13.0 Å². The van der Waals surface area contributed by atoms with Crippen LogP contribution in [-0.4, -0.2) is 23.7 Å². The Bertz CT molecular complexity index is 718. The molecule has 24 heavy (non-hydrogen) atoms. The SMILES string of the molecule is CCC(CCO)NC(=O)c1occc1COc1cccc(C#N)c1. The van der Waals surface area contributed by atoms with Gasteiger partial charge in [-0.2, -0.15) is 5.26 Å². The summed E-state index contributed by atoms with van der Waals surface area (Å²) in [6.07, 6.45) is 2.65. The maximum absolute atomic E-state index is 12.3. The lowest BCUT2D eigenvalue weighted by atomic mass is 10.1. The molecule has 6 nitrogen and oxygen atoms in total. The van der Waals surface area contributed by atoms with E-state index in [2.05, 4.69) is 5.32 Å². The Morgan fingerprint density at radius 2 is 2.29 bits per heavy atom. The van der Waals surface area contributed by atoms with E-state index in [9.17, 15) is 4.79 Å². The number of nitrogens with one attached hydrogen (secondary N) is 1. The first-order chi connectivity index (χ1) is 11.7. The van der Waals surface area contributed by atoms with Crippen LogP contribution < -0.4 is 10.1 Å². The van der Waals surface area contributed by atoms with Gasteiger partial charge < -0.3 is 19.6 Å². The molecule has 0 saturated carbocycles. The van der Waals surface area contributed by atoms with E-state index < -0.39 is 0 Å². The molecule has 2 rings (SSSR count). The Hall–Kier alpha value is -2.78. The molecule has 2 N–H and O–H groups in total. The van der Waals surface area contributed by atoms with E-state index in [-0.39, 0.29) is 30.9 Å². The van der Waals surface area contributed by atoms with Crippen molar-refractivity contribution in [2.24, 2.45) is 0 Å². The van der Waals surface area contributed by atoms with E-state index in [1.54, 1.807) is 30.3 Å². The highest BCUT2D eigenvalue weighted by Crippen LogP contribution is 2.17. The van der Waals surface area contributed by atoms with E-state index in [1.165, 1.54) is 6.26 Å². The minimum atomic E-state index is -0.329. The lowest BCUT2D eigenvalue weighted by Crippen LogP contribution is -2.35. The van der Waals surface area contributed by atoms with Gasteiger partial charge in [0.15, 0.2) is 5.76 Å². The molecular weight excluding hydrogens is 308 g/mol. The van der Waals surface area contributed by atoms with Crippen molar-refractivity contribution < 1.29 is 19.1 Å². The summed E-state index contributed by atoms with van der Waals surface area (Å²) in [5, 5.41) is 20.7. The summed E-state index contributed by atoms with van der Waals surface area (Å²) in [5.41, 5.74) is 1.13. The third kappa shape index (κ3) is 4.61. The third-order valence-corrected chi connectivity index (χ3v) is 3.62. The Labute approximate surface area is 140 Å². The van der Waals surface area contributed by atoms with Crippen LogP contribution in [0.25, 0.3) is 0 Å². The average Bonchev–Trinajstić information content (AvgIpc) is 3.08. The van der Waals surface area contributed by atoms with Crippen LogP contribution in [0.15, 0.2) is 41.0 Å². The lowest BCUT2D eigenvalue weighted by molar-refractivity contribution is 0.0897. The molecule has 0 aliphatic carbocycles. The molecule has 0 saturated heterocycles. The number of hydrogen-bond donors (Lipinski definition) is 2. The van der Waals surface area contributed by atoms with Crippen molar-refractivity contribution >= 4 is 5.91 Å². The number of furan rings is 1. The molecule has 0 fully saturated rings. The smallest absolute Gasteiger partial charge is 0.287 e. The first kappa shape index (κ1) is 17.6. The maximum Gasteiger partial charge on any atom is 0.287 e. The van der Waals surface area contributed by atoms with Crippen LogP contribution in [0, 0.1) is 11.3 Å². The zero-order valence-electron chi connectivity index (χ0n) is 13.5. The quantitative estimate of drug-likeness (QED) is 0.776. The molecule has 2 aromatic rings. The molecule has 1 aromatic carbocycles. The number of amides is 1. The van der Waals surface area contributed by atoms with Gasteiger partial charge >= 0.3 is 0 Å².